The van der Waals surface area contributed by atoms with Gasteiger partial charge < -0.3 is 5.32 Å². The van der Waals surface area contributed by atoms with Crippen molar-refractivity contribution in [3.05, 3.63) is 35.4 Å². The monoisotopic (exact) mass is 222 g/mol. The predicted molar refractivity (Wildman–Crippen MR) is 63.2 cm³/mol. The van der Waals surface area contributed by atoms with E-state index in [-0.39, 0.29) is 12.4 Å². The first-order valence-electron chi connectivity index (χ1n) is 5.11. The average molecular weight is 223 g/mol. The van der Waals surface area contributed by atoms with Crippen LogP contribution in [0.2, 0.25) is 0 Å². The smallest absolute Gasteiger partial charge is 0.0994 e. The first-order valence-corrected chi connectivity index (χ1v) is 5.11. The van der Waals surface area contributed by atoms with Crippen LogP contribution in [0, 0.1) is 11.3 Å². The summed E-state index contributed by atoms with van der Waals surface area (Å²) in [4.78, 5) is 0. The molecule has 1 saturated heterocycles. The molecule has 0 bridgehead atoms. The lowest BCUT2D eigenvalue weighted by atomic mass is 9.87. The highest BCUT2D eigenvalue weighted by Crippen LogP contribution is 2.27. The van der Waals surface area contributed by atoms with Gasteiger partial charge in [0.25, 0.3) is 0 Å². The molecular formula is C12H15ClN2. The van der Waals surface area contributed by atoms with E-state index in [4.69, 9.17) is 5.26 Å². The second kappa shape index (κ2) is 5.75. The second-order valence-corrected chi connectivity index (χ2v) is 3.72. The minimum atomic E-state index is 0. The van der Waals surface area contributed by atoms with Gasteiger partial charge in [-0.05, 0) is 43.5 Å². The lowest BCUT2D eigenvalue weighted by Gasteiger charge is -2.23. The molecule has 15 heavy (non-hydrogen) atoms. The molecule has 0 amide bonds. The van der Waals surface area contributed by atoms with Gasteiger partial charge in [0, 0.05) is 0 Å². The Morgan fingerprint density at radius 2 is 1.87 bits per heavy atom. The molecule has 1 N–H and O–H groups in total. The van der Waals surface area contributed by atoms with Crippen molar-refractivity contribution in [3.8, 4) is 6.07 Å². The molecule has 0 spiro atoms. The molecule has 0 saturated carbocycles. The Morgan fingerprint density at radius 1 is 1.20 bits per heavy atom. The van der Waals surface area contributed by atoms with Crippen LogP contribution in [0.3, 0.4) is 0 Å². The van der Waals surface area contributed by atoms with Crippen LogP contribution in [0.4, 0.5) is 0 Å². The van der Waals surface area contributed by atoms with Gasteiger partial charge in [0.1, 0.15) is 0 Å². The summed E-state index contributed by atoms with van der Waals surface area (Å²) in [5.41, 5.74) is 2.08. The fraction of sp³-hybridized carbons (Fsp3) is 0.417. The molecule has 1 heterocycles. The SMILES string of the molecule is Cl.N#Cc1ccccc1C1CCNCC1. The van der Waals surface area contributed by atoms with Crippen molar-refractivity contribution in [2.45, 2.75) is 18.8 Å². The average Bonchev–Trinajstić information content (AvgIpc) is 2.30. The van der Waals surface area contributed by atoms with Crippen LogP contribution in [0.15, 0.2) is 24.3 Å². The topological polar surface area (TPSA) is 35.8 Å². The molecule has 1 aromatic carbocycles. The Morgan fingerprint density at radius 3 is 2.53 bits per heavy atom. The zero-order chi connectivity index (χ0) is 9.80. The van der Waals surface area contributed by atoms with Crippen molar-refractivity contribution in [2.24, 2.45) is 0 Å². The molecule has 80 valence electrons. The van der Waals surface area contributed by atoms with E-state index < -0.39 is 0 Å². The maximum absolute atomic E-state index is 8.98. The number of nitrogens with one attached hydrogen (secondary N) is 1. The predicted octanol–water partition coefficient (Wildman–Crippen LogP) is 2.45. The summed E-state index contributed by atoms with van der Waals surface area (Å²) < 4.78 is 0. The lowest BCUT2D eigenvalue weighted by Crippen LogP contribution is -2.26. The summed E-state index contributed by atoms with van der Waals surface area (Å²) in [6.07, 6.45) is 2.30. The molecule has 0 aliphatic carbocycles. The number of nitrogens with zero attached hydrogens (tertiary/aromatic N) is 1. The van der Waals surface area contributed by atoms with E-state index in [1.165, 1.54) is 5.56 Å². The van der Waals surface area contributed by atoms with Gasteiger partial charge in [-0.25, -0.2) is 0 Å². The molecule has 1 aromatic rings. The van der Waals surface area contributed by atoms with Gasteiger partial charge in [-0.2, -0.15) is 5.26 Å². The van der Waals surface area contributed by atoms with E-state index in [1.54, 1.807) is 0 Å². The minimum absolute atomic E-state index is 0. The van der Waals surface area contributed by atoms with Gasteiger partial charge in [0.05, 0.1) is 11.6 Å². The van der Waals surface area contributed by atoms with Crippen LogP contribution in [0.25, 0.3) is 0 Å². The molecule has 1 aliphatic rings. The molecule has 2 nitrogen and oxygen atoms in total. The van der Waals surface area contributed by atoms with Crippen molar-refractivity contribution < 1.29 is 0 Å². The molecule has 1 fully saturated rings. The summed E-state index contributed by atoms with van der Waals surface area (Å²) in [5, 5.41) is 12.3. The highest BCUT2D eigenvalue weighted by Gasteiger charge is 2.17. The van der Waals surface area contributed by atoms with Crippen molar-refractivity contribution in [1.82, 2.24) is 5.32 Å². The van der Waals surface area contributed by atoms with Gasteiger partial charge in [0.15, 0.2) is 0 Å². The molecule has 2 rings (SSSR count). The van der Waals surface area contributed by atoms with Gasteiger partial charge in [-0.15, -0.1) is 12.4 Å². The van der Waals surface area contributed by atoms with Crippen LogP contribution in [0.1, 0.15) is 29.9 Å². The molecule has 0 atom stereocenters. The van der Waals surface area contributed by atoms with Gasteiger partial charge in [0.2, 0.25) is 0 Å². The largest absolute Gasteiger partial charge is 0.317 e. The Balaban J connectivity index is 0.00000112. The van der Waals surface area contributed by atoms with Gasteiger partial charge in [-0.3, -0.25) is 0 Å². The Bertz CT molecular complexity index is 351. The van der Waals surface area contributed by atoms with Gasteiger partial charge in [-0.1, -0.05) is 18.2 Å². The van der Waals surface area contributed by atoms with E-state index in [0.29, 0.717) is 5.92 Å². The summed E-state index contributed by atoms with van der Waals surface area (Å²) in [7, 11) is 0. The van der Waals surface area contributed by atoms with Crippen LogP contribution in [0.5, 0.6) is 0 Å². The van der Waals surface area contributed by atoms with Gasteiger partial charge >= 0.3 is 0 Å². The third kappa shape index (κ3) is 2.71. The molecule has 0 unspecified atom stereocenters. The van der Waals surface area contributed by atoms with E-state index >= 15 is 0 Å². The lowest BCUT2D eigenvalue weighted by molar-refractivity contribution is 0.460. The second-order valence-electron chi connectivity index (χ2n) is 3.72. The van der Waals surface area contributed by atoms with E-state index in [0.717, 1.165) is 31.5 Å². The van der Waals surface area contributed by atoms with Crippen molar-refractivity contribution in [1.29, 1.82) is 5.26 Å². The van der Waals surface area contributed by atoms with E-state index in [2.05, 4.69) is 17.5 Å². The number of benzene rings is 1. The minimum Gasteiger partial charge on any atom is -0.317 e. The summed E-state index contributed by atoms with van der Waals surface area (Å²) in [6, 6.07) is 10.2. The molecular weight excluding hydrogens is 208 g/mol. The number of hydrogen-bond acceptors (Lipinski definition) is 2. The first-order chi connectivity index (χ1) is 6.92. The molecule has 0 radical (unpaired) electrons. The van der Waals surface area contributed by atoms with E-state index in [1.807, 2.05) is 18.2 Å². The molecule has 3 heteroatoms. The third-order valence-corrected chi connectivity index (χ3v) is 2.86. The highest BCUT2D eigenvalue weighted by atomic mass is 35.5. The van der Waals surface area contributed by atoms with E-state index in [9.17, 15) is 0 Å². The quantitative estimate of drug-likeness (QED) is 0.793. The first kappa shape index (κ1) is 12.0. The van der Waals surface area contributed by atoms with Crippen LogP contribution >= 0.6 is 12.4 Å². The molecule has 1 aliphatic heterocycles. The normalized spacial score (nSPS) is 16.5. The highest BCUT2D eigenvalue weighted by molar-refractivity contribution is 5.85. The maximum Gasteiger partial charge on any atom is 0.0994 e. The Hall–Kier alpha value is -1.04. The third-order valence-electron chi connectivity index (χ3n) is 2.86. The van der Waals surface area contributed by atoms with Crippen molar-refractivity contribution in [3.63, 3.8) is 0 Å². The number of rotatable bonds is 1. The van der Waals surface area contributed by atoms with Crippen LogP contribution in [-0.4, -0.2) is 13.1 Å². The Labute approximate surface area is 96.7 Å². The zero-order valence-corrected chi connectivity index (χ0v) is 9.39. The van der Waals surface area contributed by atoms with Crippen LogP contribution < -0.4 is 5.32 Å². The number of halogens is 1. The van der Waals surface area contributed by atoms with Crippen LogP contribution in [-0.2, 0) is 0 Å². The number of piperidine rings is 1. The number of hydrogen-bond donors (Lipinski definition) is 1. The summed E-state index contributed by atoms with van der Waals surface area (Å²) >= 11 is 0. The van der Waals surface area contributed by atoms with Crippen molar-refractivity contribution >= 4 is 12.4 Å². The summed E-state index contributed by atoms with van der Waals surface area (Å²) in [5.74, 6) is 0.576. The maximum atomic E-state index is 8.98. The standard InChI is InChI=1S/C12H14N2.ClH/c13-9-11-3-1-2-4-12(11)10-5-7-14-8-6-10;/h1-4,10,14H,5-8H2;1H. The summed E-state index contributed by atoms with van der Waals surface area (Å²) in [6.45, 7) is 2.15. The fourth-order valence-corrected chi connectivity index (χ4v) is 2.09. The fourth-order valence-electron chi connectivity index (χ4n) is 2.09. The zero-order valence-electron chi connectivity index (χ0n) is 8.57. The van der Waals surface area contributed by atoms with Crippen molar-refractivity contribution in [2.75, 3.05) is 13.1 Å². The Kier molecular flexibility index (Phi) is 4.61. The molecule has 0 aromatic heterocycles. The number of nitriles is 1.